The lowest BCUT2D eigenvalue weighted by atomic mass is 9.92. The topological polar surface area (TPSA) is 67.4 Å². The van der Waals surface area contributed by atoms with E-state index in [1.165, 1.54) is 0 Å². The highest BCUT2D eigenvalue weighted by molar-refractivity contribution is 6.08. The molecule has 1 aromatic carbocycles. The van der Waals surface area contributed by atoms with E-state index >= 15 is 0 Å². The number of imide groups is 1. The number of amides is 3. The Labute approximate surface area is 98.1 Å². The molecule has 1 saturated heterocycles. The van der Waals surface area contributed by atoms with Gasteiger partial charge in [0.2, 0.25) is 0 Å². The number of hydrogen-bond donors (Lipinski definition) is 2. The van der Waals surface area contributed by atoms with E-state index in [0.717, 1.165) is 23.3 Å². The summed E-state index contributed by atoms with van der Waals surface area (Å²) in [5.41, 5.74) is 0.966. The standard InChI is InChI=1S/C12H12N2O3/c1-17-9-4-2-3-8-7(9)5-6-12(8)10(15)13-11(16)14-12/h2-4H,5-6H2,1H3,(H2,13,14,15,16)/t12-/m0/s1. The quantitative estimate of drug-likeness (QED) is 0.699. The van der Waals surface area contributed by atoms with Gasteiger partial charge in [-0.1, -0.05) is 12.1 Å². The minimum Gasteiger partial charge on any atom is -0.496 e. The van der Waals surface area contributed by atoms with Crippen LogP contribution in [0, 0.1) is 0 Å². The van der Waals surface area contributed by atoms with Crippen LogP contribution in [-0.4, -0.2) is 19.0 Å². The van der Waals surface area contributed by atoms with Crippen molar-refractivity contribution in [2.45, 2.75) is 18.4 Å². The van der Waals surface area contributed by atoms with Crippen molar-refractivity contribution in [1.29, 1.82) is 0 Å². The largest absolute Gasteiger partial charge is 0.496 e. The normalized spacial score (nSPS) is 25.7. The molecule has 0 radical (unpaired) electrons. The summed E-state index contributed by atoms with van der Waals surface area (Å²) in [4.78, 5) is 23.2. The molecule has 1 aromatic rings. The average Bonchev–Trinajstić information content (AvgIpc) is 2.82. The predicted molar refractivity (Wildman–Crippen MR) is 59.7 cm³/mol. The Bertz CT molecular complexity index is 526. The van der Waals surface area contributed by atoms with Crippen molar-refractivity contribution < 1.29 is 14.3 Å². The molecule has 88 valence electrons. The van der Waals surface area contributed by atoms with E-state index in [-0.39, 0.29) is 5.91 Å². The number of hydrogen-bond acceptors (Lipinski definition) is 3. The monoisotopic (exact) mass is 232 g/mol. The van der Waals surface area contributed by atoms with Crippen LogP contribution in [0.5, 0.6) is 5.75 Å². The van der Waals surface area contributed by atoms with Crippen molar-refractivity contribution in [3.05, 3.63) is 29.3 Å². The average molecular weight is 232 g/mol. The van der Waals surface area contributed by atoms with Gasteiger partial charge < -0.3 is 10.1 Å². The lowest BCUT2D eigenvalue weighted by Crippen LogP contribution is -2.41. The van der Waals surface area contributed by atoms with Crippen molar-refractivity contribution in [2.75, 3.05) is 7.11 Å². The first-order chi connectivity index (χ1) is 8.17. The van der Waals surface area contributed by atoms with Crippen LogP contribution in [0.25, 0.3) is 0 Å². The molecule has 2 N–H and O–H groups in total. The van der Waals surface area contributed by atoms with E-state index in [4.69, 9.17) is 4.74 Å². The zero-order valence-electron chi connectivity index (χ0n) is 9.37. The smallest absolute Gasteiger partial charge is 0.322 e. The van der Waals surface area contributed by atoms with Crippen molar-refractivity contribution in [3.8, 4) is 5.75 Å². The summed E-state index contributed by atoms with van der Waals surface area (Å²) >= 11 is 0. The molecule has 1 fully saturated rings. The molecule has 1 aliphatic carbocycles. The highest BCUT2D eigenvalue weighted by Crippen LogP contribution is 2.42. The number of carbonyl (C=O) groups is 2. The zero-order chi connectivity index (χ0) is 12.0. The van der Waals surface area contributed by atoms with Crippen molar-refractivity contribution in [1.82, 2.24) is 10.6 Å². The molecule has 5 heteroatoms. The molecule has 0 aromatic heterocycles. The number of urea groups is 1. The molecule has 1 aliphatic heterocycles. The Morgan fingerprint density at radius 1 is 1.35 bits per heavy atom. The number of ether oxygens (including phenoxy) is 1. The van der Waals surface area contributed by atoms with E-state index in [1.807, 2.05) is 18.2 Å². The predicted octanol–water partition coefficient (Wildman–Crippen LogP) is 0.676. The fraction of sp³-hybridized carbons (Fsp3) is 0.333. The van der Waals surface area contributed by atoms with Crippen LogP contribution < -0.4 is 15.4 Å². The molecule has 0 bridgehead atoms. The van der Waals surface area contributed by atoms with Gasteiger partial charge in [0.25, 0.3) is 5.91 Å². The van der Waals surface area contributed by atoms with Gasteiger partial charge in [0.1, 0.15) is 11.3 Å². The number of nitrogens with one attached hydrogen (secondary N) is 2. The number of carbonyl (C=O) groups excluding carboxylic acids is 2. The first-order valence-electron chi connectivity index (χ1n) is 5.47. The van der Waals surface area contributed by atoms with Crippen LogP contribution in [0.2, 0.25) is 0 Å². The maximum absolute atomic E-state index is 11.9. The first-order valence-corrected chi connectivity index (χ1v) is 5.47. The maximum atomic E-state index is 11.9. The minimum absolute atomic E-state index is 0.269. The highest BCUT2D eigenvalue weighted by Gasteiger charge is 2.51. The molecule has 0 saturated carbocycles. The van der Waals surface area contributed by atoms with Gasteiger partial charge >= 0.3 is 6.03 Å². The van der Waals surface area contributed by atoms with E-state index in [0.29, 0.717) is 6.42 Å². The number of methoxy groups -OCH3 is 1. The number of fused-ring (bicyclic) bond motifs is 2. The Morgan fingerprint density at radius 2 is 2.18 bits per heavy atom. The summed E-state index contributed by atoms with van der Waals surface area (Å²) in [5.74, 6) is 0.503. The minimum atomic E-state index is -0.888. The van der Waals surface area contributed by atoms with Gasteiger partial charge in [0.15, 0.2) is 0 Å². The molecular formula is C12H12N2O3. The van der Waals surface area contributed by atoms with Crippen molar-refractivity contribution in [2.24, 2.45) is 0 Å². The summed E-state index contributed by atoms with van der Waals surface area (Å²) in [6, 6.07) is 5.15. The maximum Gasteiger partial charge on any atom is 0.322 e. The van der Waals surface area contributed by atoms with Crippen LogP contribution >= 0.6 is 0 Å². The van der Waals surface area contributed by atoms with Crippen LogP contribution in [0.3, 0.4) is 0 Å². The highest BCUT2D eigenvalue weighted by atomic mass is 16.5. The summed E-state index contributed by atoms with van der Waals surface area (Å²) in [7, 11) is 1.61. The molecule has 3 amide bonds. The first kappa shape index (κ1) is 10.1. The van der Waals surface area contributed by atoms with E-state index < -0.39 is 11.6 Å². The third-order valence-electron chi connectivity index (χ3n) is 3.50. The number of rotatable bonds is 1. The number of benzene rings is 1. The van der Waals surface area contributed by atoms with Gasteiger partial charge in [-0.25, -0.2) is 4.79 Å². The van der Waals surface area contributed by atoms with Crippen molar-refractivity contribution >= 4 is 11.9 Å². The fourth-order valence-corrected chi connectivity index (χ4v) is 2.72. The molecule has 3 rings (SSSR count). The second-order valence-electron chi connectivity index (χ2n) is 4.30. The molecule has 1 atom stereocenters. The molecule has 2 aliphatic rings. The Morgan fingerprint density at radius 3 is 2.82 bits per heavy atom. The Kier molecular flexibility index (Phi) is 1.92. The molecule has 0 unspecified atom stereocenters. The summed E-state index contributed by atoms with van der Waals surface area (Å²) < 4.78 is 5.28. The molecule has 5 nitrogen and oxygen atoms in total. The summed E-state index contributed by atoms with van der Waals surface area (Å²) in [6.45, 7) is 0. The molecule has 1 heterocycles. The van der Waals surface area contributed by atoms with Gasteiger partial charge in [-0.15, -0.1) is 0 Å². The summed E-state index contributed by atoms with van der Waals surface area (Å²) in [6.07, 6.45) is 1.31. The lowest BCUT2D eigenvalue weighted by molar-refractivity contribution is -0.124. The third-order valence-corrected chi connectivity index (χ3v) is 3.50. The van der Waals surface area contributed by atoms with Crippen LogP contribution in [0.15, 0.2) is 18.2 Å². The van der Waals surface area contributed by atoms with E-state index in [2.05, 4.69) is 10.6 Å². The third kappa shape index (κ3) is 1.19. The Balaban J connectivity index is 2.16. The van der Waals surface area contributed by atoms with Gasteiger partial charge in [-0.05, 0) is 24.5 Å². The second-order valence-corrected chi connectivity index (χ2v) is 4.30. The van der Waals surface area contributed by atoms with E-state index in [1.54, 1.807) is 7.11 Å². The van der Waals surface area contributed by atoms with Gasteiger partial charge in [-0.2, -0.15) is 0 Å². The lowest BCUT2D eigenvalue weighted by Gasteiger charge is -2.21. The van der Waals surface area contributed by atoms with Crippen LogP contribution in [-0.2, 0) is 16.8 Å². The second kappa shape index (κ2) is 3.23. The SMILES string of the molecule is COc1cccc2c1CC[C@]21NC(=O)NC1=O. The molecule has 17 heavy (non-hydrogen) atoms. The fourth-order valence-electron chi connectivity index (χ4n) is 2.72. The van der Waals surface area contributed by atoms with Gasteiger partial charge in [-0.3, -0.25) is 10.1 Å². The van der Waals surface area contributed by atoms with Gasteiger partial charge in [0, 0.05) is 5.56 Å². The zero-order valence-corrected chi connectivity index (χ0v) is 9.37. The molecular weight excluding hydrogens is 220 g/mol. The summed E-state index contributed by atoms with van der Waals surface area (Å²) in [5, 5.41) is 5.03. The van der Waals surface area contributed by atoms with Crippen LogP contribution in [0.4, 0.5) is 4.79 Å². The van der Waals surface area contributed by atoms with Crippen molar-refractivity contribution in [3.63, 3.8) is 0 Å². The Hall–Kier alpha value is -2.04. The molecule has 1 spiro atoms. The van der Waals surface area contributed by atoms with Gasteiger partial charge in [0.05, 0.1) is 7.11 Å². The van der Waals surface area contributed by atoms with Crippen LogP contribution in [0.1, 0.15) is 17.5 Å². The van der Waals surface area contributed by atoms with E-state index in [9.17, 15) is 9.59 Å².